The zero-order chi connectivity index (χ0) is 21.1. The summed E-state index contributed by atoms with van der Waals surface area (Å²) >= 11 is 0. The van der Waals surface area contributed by atoms with Gasteiger partial charge < -0.3 is 10.1 Å². The number of nitrogens with zero attached hydrogens (tertiary/aromatic N) is 3. The molecule has 0 atom stereocenters. The van der Waals surface area contributed by atoms with Crippen molar-refractivity contribution >= 4 is 11.6 Å². The Morgan fingerprint density at radius 2 is 1.63 bits per heavy atom. The van der Waals surface area contributed by atoms with Gasteiger partial charge in [0.05, 0.1) is 12.8 Å². The Hall–Kier alpha value is -3.93. The number of nitrogens with one attached hydrogen (secondary N) is 1. The van der Waals surface area contributed by atoms with Crippen LogP contribution in [0.3, 0.4) is 0 Å². The Morgan fingerprint density at radius 1 is 0.933 bits per heavy atom. The average Bonchev–Trinajstić information content (AvgIpc) is 3.21. The highest BCUT2D eigenvalue weighted by atomic mass is 16.5. The quantitative estimate of drug-likeness (QED) is 0.524. The fourth-order valence-electron chi connectivity index (χ4n) is 3.09. The molecule has 0 radical (unpaired) electrons. The maximum Gasteiger partial charge on any atom is 0.295 e. The number of para-hydroxylation sites is 1. The normalized spacial score (nSPS) is 10.6. The van der Waals surface area contributed by atoms with Crippen LogP contribution in [-0.4, -0.2) is 27.8 Å². The molecule has 0 spiro atoms. The molecule has 0 saturated heterocycles. The van der Waals surface area contributed by atoms with E-state index in [1.807, 2.05) is 86.6 Å². The summed E-state index contributed by atoms with van der Waals surface area (Å²) in [5, 5.41) is 7.41. The van der Waals surface area contributed by atoms with Gasteiger partial charge in [-0.2, -0.15) is 0 Å². The van der Waals surface area contributed by atoms with Crippen LogP contribution in [0.25, 0.3) is 17.1 Å². The summed E-state index contributed by atoms with van der Waals surface area (Å²) in [7, 11) is 1.62. The summed E-state index contributed by atoms with van der Waals surface area (Å²) in [6, 6.07) is 23.0. The number of carbonyl (C=O) groups excluding carboxylic acids is 1. The fourth-order valence-corrected chi connectivity index (χ4v) is 3.09. The number of rotatable bonds is 5. The largest absolute Gasteiger partial charge is 0.497 e. The van der Waals surface area contributed by atoms with Crippen molar-refractivity contribution in [1.82, 2.24) is 14.8 Å². The number of anilines is 1. The molecular formula is C24H22N4O2. The third kappa shape index (κ3) is 3.93. The van der Waals surface area contributed by atoms with Crippen LogP contribution >= 0.6 is 0 Å². The number of hydrogen-bond donors (Lipinski definition) is 1. The Bertz CT molecular complexity index is 1180. The molecule has 3 aromatic carbocycles. The maximum atomic E-state index is 12.9. The molecule has 6 nitrogen and oxygen atoms in total. The van der Waals surface area contributed by atoms with Crippen LogP contribution in [0.4, 0.5) is 5.69 Å². The first kappa shape index (κ1) is 19.4. The van der Waals surface area contributed by atoms with Crippen molar-refractivity contribution in [3.8, 4) is 22.8 Å². The number of amides is 1. The van der Waals surface area contributed by atoms with Crippen molar-refractivity contribution < 1.29 is 9.53 Å². The van der Waals surface area contributed by atoms with E-state index in [9.17, 15) is 4.79 Å². The number of methoxy groups -OCH3 is 1. The third-order valence-corrected chi connectivity index (χ3v) is 4.83. The molecule has 0 aliphatic heterocycles. The highest BCUT2D eigenvalue weighted by Gasteiger charge is 2.19. The van der Waals surface area contributed by atoms with Gasteiger partial charge in [-0.25, -0.2) is 9.67 Å². The van der Waals surface area contributed by atoms with Gasteiger partial charge in [-0.1, -0.05) is 48.0 Å². The van der Waals surface area contributed by atoms with Crippen molar-refractivity contribution in [3.63, 3.8) is 0 Å². The Kier molecular flexibility index (Phi) is 5.30. The zero-order valence-corrected chi connectivity index (χ0v) is 17.1. The van der Waals surface area contributed by atoms with E-state index in [1.54, 1.807) is 11.8 Å². The van der Waals surface area contributed by atoms with E-state index < -0.39 is 0 Å². The molecule has 1 amide bonds. The summed E-state index contributed by atoms with van der Waals surface area (Å²) in [4.78, 5) is 17.4. The Morgan fingerprint density at radius 3 is 2.30 bits per heavy atom. The van der Waals surface area contributed by atoms with Gasteiger partial charge in [-0.15, -0.1) is 5.10 Å². The van der Waals surface area contributed by atoms with Crippen molar-refractivity contribution in [2.75, 3.05) is 12.4 Å². The van der Waals surface area contributed by atoms with Crippen molar-refractivity contribution in [1.29, 1.82) is 0 Å². The number of aromatic nitrogens is 3. The minimum absolute atomic E-state index is 0.102. The SMILES string of the molecule is COc1ccc(-n2nc(C(=O)Nc3ccccc3C)nc2-c2ccc(C)cc2)cc1. The molecule has 0 saturated carbocycles. The van der Waals surface area contributed by atoms with E-state index in [1.165, 1.54) is 0 Å². The van der Waals surface area contributed by atoms with Gasteiger partial charge in [0.1, 0.15) is 5.75 Å². The molecule has 4 aromatic rings. The van der Waals surface area contributed by atoms with Crippen LogP contribution in [0.2, 0.25) is 0 Å². The molecule has 30 heavy (non-hydrogen) atoms. The van der Waals surface area contributed by atoms with E-state index in [-0.39, 0.29) is 11.7 Å². The van der Waals surface area contributed by atoms with Gasteiger partial charge >= 0.3 is 0 Å². The van der Waals surface area contributed by atoms with Gasteiger partial charge in [0.2, 0.25) is 5.82 Å². The number of carbonyl (C=O) groups is 1. The van der Waals surface area contributed by atoms with Gasteiger partial charge in [-0.3, -0.25) is 4.79 Å². The first-order valence-corrected chi connectivity index (χ1v) is 9.60. The molecule has 1 aromatic heterocycles. The predicted molar refractivity (Wildman–Crippen MR) is 117 cm³/mol. The predicted octanol–water partition coefficient (Wildman–Crippen LogP) is 4.81. The second kappa shape index (κ2) is 8.21. The maximum absolute atomic E-state index is 12.9. The fraction of sp³-hybridized carbons (Fsp3) is 0.125. The van der Waals surface area contributed by atoms with E-state index in [0.29, 0.717) is 5.82 Å². The minimum atomic E-state index is -0.357. The van der Waals surface area contributed by atoms with E-state index in [0.717, 1.165) is 33.8 Å². The Balaban J connectivity index is 1.75. The molecule has 150 valence electrons. The molecule has 0 bridgehead atoms. The molecule has 4 rings (SSSR count). The van der Waals surface area contributed by atoms with E-state index in [2.05, 4.69) is 15.4 Å². The second-order valence-electron chi connectivity index (χ2n) is 7.00. The van der Waals surface area contributed by atoms with Gasteiger partial charge in [0.15, 0.2) is 5.82 Å². The van der Waals surface area contributed by atoms with E-state index in [4.69, 9.17) is 4.74 Å². The highest BCUT2D eigenvalue weighted by molar-refractivity contribution is 6.02. The average molecular weight is 398 g/mol. The molecule has 0 aliphatic carbocycles. The molecule has 1 N–H and O–H groups in total. The molecule has 6 heteroatoms. The molecular weight excluding hydrogens is 376 g/mol. The first-order valence-electron chi connectivity index (χ1n) is 9.60. The molecule has 0 fully saturated rings. The van der Waals surface area contributed by atoms with Crippen LogP contribution < -0.4 is 10.1 Å². The van der Waals surface area contributed by atoms with Crippen molar-refractivity contribution in [2.45, 2.75) is 13.8 Å². The first-order chi connectivity index (χ1) is 14.5. The molecule has 0 unspecified atom stereocenters. The molecule has 0 aliphatic rings. The topological polar surface area (TPSA) is 69.0 Å². The molecule has 1 heterocycles. The third-order valence-electron chi connectivity index (χ3n) is 4.83. The summed E-state index contributed by atoms with van der Waals surface area (Å²) < 4.78 is 6.92. The minimum Gasteiger partial charge on any atom is -0.497 e. The number of benzene rings is 3. The monoisotopic (exact) mass is 398 g/mol. The smallest absolute Gasteiger partial charge is 0.295 e. The van der Waals surface area contributed by atoms with Crippen molar-refractivity contribution in [3.05, 3.63) is 89.7 Å². The summed E-state index contributed by atoms with van der Waals surface area (Å²) in [6.45, 7) is 3.97. The van der Waals surface area contributed by atoms with Crippen LogP contribution in [0.15, 0.2) is 72.8 Å². The van der Waals surface area contributed by atoms with Gasteiger partial charge in [0.25, 0.3) is 5.91 Å². The van der Waals surface area contributed by atoms with Crippen LogP contribution in [0.1, 0.15) is 21.7 Å². The Labute approximate surface area is 175 Å². The van der Waals surface area contributed by atoms with Crippen LogP contribution in [-0.2, 0) is 0 Å². The second-order valence-corrected chi connectivity index (χ2v) is 7.00. The van der Waals surface area contributed by atoms with Crippen LogP contribution in [0, 0.1) is 13.8 Å². The lowest BCUT2D eigenvalue weighted by Crippen LogP contribution is -2.15. The lowest BCUT2D eigenvalue weighted by Gasteiger charge is -2.07. The lowest BCUT2D eigenvalue weighted by molar-refractivity contribution is 0.101. The van der Waals surface area contributed by atoms with Gasteiger partial charge in [0, 0.05) is 11.3 Å². The highest BCUT2D eigenvalue weighted by Crippen LogP contribution is 2.24. The summed E-state index contributed by atoms with van der Waals surface area (Å²) in [6.07, 6.45) is 0. The van der Waals surface area contributed by atoms with Gasteiger partial charge in [-0.05, 0) is 49.7 Å². The van der Waals surface area contributed by atoms with Crippen LogP contribution in [0.5, 0.6) is 5.75 Å². The number of aryl methyl sites for hydroxylation is 2. The lowest BCUT2D eigenvalue weighted by atomic mass is 10.1. The number of ether oxygens (including phenoxy) is 1. The zero-order valence-electron chi connectivity index (χ0n) is 17.1. The standard InChI is InChI=1S/C24H22N4O2/c1-16-8-10-18(11-9-16)23-26-22(24(29)25-21-7-5-4-6-17(21)2)27-28(23)19-12-14-20(30-3)15-13-19/h4-15H,1-3H3,(H,25,29). The summed E-state index contributed by atoms with van der Waals surface area (Å²) in [5.74, 6) is 1.08. The number of hydrogen-bond acceptors (Lipinski definition) is 4. The van der Waals surface area contributed by atoms with Crippen molar-refractivity contribution in [2.24, 2.45) is 0 Å². The van der Waals surface area contributed by atoms with E-state index >= 15 is 0 Å². The summed E-state index contributed by atoms with van der Waals surface area (Å²) in [5.41, 5.74) is 4.51.